The average molecular weight is 445 g/mol. The Morgan fingerprint density at radius 2 is 1.53 bits per heavy atom. The van der Waals surface area contributed by atoms with Gasteiger partial charge in [-0.25, -0.2) is 0 Å². The monoisotopic (exact) mass is 444 g/mol. The van der Waals surface area contributed by atoms with Crippen LogP contribution in [0.3, 0.4) is 0 Å². The summed E-state index contributed by atoms with van der Waals surface area (Å²) in [6, 6.07) is 23.8. The predicted molar refractivity (Wildman–Crippen MR) is 128 cm³/mol. The van der Waals surface area contributed by atoms with Crippen LogP contribution < -0.4 is 4.90 Å². The van der Waals surface area contributed by atoms with Gasteiger partial charge in [-0.2, -0.15) is 0 Å². The molecule has 0 aliphatic carbocycles. The van der Waals surface area contributed by atoms with Gasteiger partial charge in [0.1, 0.15) is 0 Å². The number of carbonyl (C=O) groups is 2. The summed E-state index contributed by atoms with van der Waals surface area (Å²) in [6.45, 7) is 3.64. The van der Waals surface area contributed by atoms with Crippen molar-refractivity contribution in [2.75, 3.05) is 24.5 Å². The van der Waals surface area contributed by atoms with Gasteiger partial charge in [0, 0.05) is 48.2 Å². The first-order valence-electron chi connectivity index (χ1n) is 11.0. The van der Waals surface area contributed by atoms with Crippen molar-refractivity contribution in [3.05, 3.63) is 88.9 Å². The fourth-order valence-corrected chi connectivity index (χ4v) is 5.26. The maximum atomic E-state index is 13.6. The molecule has 0 N–H and O–H groups in total. The number of anilines is 1. The third kappa shape index (κ3) is 3.59. The molecule has 0 aromatic heterocycles. The summed E-state index contributed by atoms with van der Waals surface area (Å²) in [5.74, 6) is 0.106. The van der Waals surface area contributed by atoms with Crippen molar-refractivity contribution in [3.8, 4) is 11.1 Å². The first kappa shape index (κ1) is 20.8. The van der Waals surface area contributed by atoms with Crippen LogP contribution in [0.1, 0.15) is 35.7 Å². The van der Waals surface area contributed by atoms with E-state index in [0.29, 0.717) is 30.2 Å². The normalized spacial score (nSPS) is 16.8. The molecule has 1 spiro atoms. The zero-order valence-electron chi connectivity index (χ0n) is 18.1. The van der Waals surface area contributed by atoms with Crippen molar-refractivity contribution < 1.29 is 9.59 Å². The number of fused-ring (bicyclic) bond motifs is 2. The highest BCUT2D eigenvalue weighted by Crippen LogP contribution is 2.48. The van der Waals surface area contributed by atoms with Gasteiger partial charge in [0.05, 0.1) is 0 Å². The van der Waals surface area contributed by atoms with E-state index >= 15 is 0 Å². The molecule has 0 atom stereocenters. The molecule has 2 heterocycles. The lowest BCUT2D eigenvalue weighted by Crippen LogP contribution is -2.47. The smallest absolute Gasteiger partial charge is 0.258 e. The third-order valence-corrected chi connectivity index (χ3v) is 7.17. The Hall–Kier alpha value is -3.11. The van der Waals surface area contributed by atoms with Crippen LogP contribution in [-0.2, 0) is 10.2 Å². The Labute approximate surface area is 193 Å². The molecule has 5 heteroatoms. The van der Waals surface area contributed by atoms with Gasteiger partial charge in [-0.3, -0.25) is 9.59 Å². The van der Waals surface area contributed by atoms with E-state index in [-0.39, 0.29) is 17.2 Å². The van der Waals surface area contributed by atoms with E-state index in [2.05, 4.69) is 12.1 Å². The average Bonchev–Trinajstić information content (AvgIpc) is 3.12. The lowest BCUT2D eigenvalue weighted by Gasteiger charge is -2.39. The minimum absolute atomic E-state index is 0.000873. The van der Waals surface area contributed by atoms with Gasteiger partial charge in [-0.1, -0.05) is 54.1 Å². The first-order valence-corrected chi connectivity index (χ1v) is 11.4. The zero-order valence-corrected chi connectivity index (χ0v) is 18.8. The molecule has 0 saturated carbocycles. The van der Waals surface area contributed by atoms with Crippen LogP contribution in [0.25, 0.3) is 11.1 Å². The Morgan fingerprint density at radius 3 is 2.19 bits per heavy atom. The lowest BCUT2D eigenvalue weighted by molar-refractivity contribution is -0.130. The van der Waals surface area contributed by atoms with Gasteiger partial charge in [0.25, 0.3) is 5.91 Å². The molecule has 1 fully saturated rings. The highest BCUT2D eigenvalue weighted by Gasteiger charge is 2.46. The molecule has 3 aromatic carbocycles. The van der Waals surface area contributed by atoms with E-state index in [0.717, 1.165) is 35.2 Å². The lowest BCUT2D eigenvalue weighted by atomic mass is 9.74. The van der Waals surface area contributed by atoms with E-state index in [1.807, 2.05) is 70.5 Å². The summed E-state index contributed by atoms with van der Waals surface area (Å²) < 4.78 is 0. The summed E-state index contributed by atoms with van der Waals surface area (Å²) in [6.07, 6.45) is 1.66. The highest BCUT2D eigenvalue weighted by atomic mass is 35.5. The third-order valence-electron chi connectivity index (χ3n) is 6.93. The summed E-state index contributed by atoms with van der Waals surface area (Å²) in [5.41, 5.74) is 4.79. The fraction of sp³-hybridized carbons (Fsp3) is 0.259. The van der Waals surface area contributed by atoms with Crippen molar-refractivity contribution in [2.45, 2.75) is 25.2 Å². The van der Waals surface area contributed by atoms with Gasteiger partial charge in [-0.05, 0) is 59.9 Å². The Kier molecular flexibility index (Phi) is 5.26. The first-order chi connectivity index (χ1) is 15.5. The van der Waals surface area contributed by atoms with Crippen LogP contribution in [0.15, 0.2) is 72.8 Å². The molecule has 2 amide bonds. The quantitative estimate of drug-likeness (QED) is 0.520. The van der Waals surface area contributed by atoms with Crippen LogP contribution in [0.2, 0.25) is 5.02 Å². The van der Waals surface area contributed by atoms with E-state index in [9.17, 15) is 9.59 Å². The number of carbonyl (C=O) groups excluding carboxylic acids is 2. The number of nitrogens with zero attached hydrogens (tertiary/aromatic N) is 2. The van der Waals surface area contributed by atoms with Crippen LogP contribution in [0, 0.1) is 0 Å². The zero-order chi connectivity index (χ0) is 22.3. The van der Waals surface area contributed by atoms with Crippen LogP contribution in [0.4, 0.5) is 5.69 Å². The molecule has 0 bridgehead atoms. The molecule has 5 rings (SSSR count). The van der Waals surface area contributed by atoms with E-state index in [4.69, 9.17) is 11.6 Å². The van der Waals surface area contributed by atoms with Crippen molar-refractivity contribution in [1.82, 2.24) is 4.90 Å². The molecule has 1 saturated heterocycles. The second kappa shape index (κ2) is 8.10. The van der Waals surface area contributed by atoms with Crippen LogP contribution in [0.5, 0.6) is 0 Å². The molecule has 4 nitrogen and oxygen atoms in total. The predicted octanol–water partition coefficient (Wildman–Crippen LogP) is 5.55. The Bertz CT molecular complexity index is 1170. The van der Waals surface area contributed by atoms with Crippen molar-refractivity contribution >= 4 is 29.1 Å². The maximum Gasteiger partial charge on any atom is 0.258 e. The number of rotatable bonds is 2. The molecule has 2 aliphatic heterocycles. The Balaban J connectivity index is 1.44. The molecular formula is C27H25ClN2O2. The van der Waals surface area contributed by atoms with Crippen molar-refractivity contribution in [3.63, 3.8) is 0 Å². The molecule has 162 valence electrons. The van der Waals surface area contributed by atoms with Gasteiger partial charge in [-0.15, -0.1) is 0 Å². The summed E-state index contributed by atoms with van der Waals surface area (Å²) in [4.78, 5) is 29.2. The molecule has 32 heavy (non-hydrogen) atoms. The molecule has 3 aromatic rings. The van der Waals surface area contributed by atoms with Crippen LogP contribution in [-0.4, -0.2) is 36.3 Å². The highest BCUT2D eigenvalue weighted by molar-refractivity contribution is 6.30. The summed E-state index contributed by atoms with van der Waals surface area (Å²) >= 11 is 6.36. The number of benzene rings is 3. The fourth-order valence-electron chi connectivity index (χ4n) is 5.09. The number of amides is 2. The largest absolute Gasteiger partial charge is 0.343 e. The standard InChI is InChI=1S/C27H25ClN2O2/c1-19(31)29-15-13-27(14-16-29)18-30(25-12-11-23(28)17-24(25)27)26(32)22-9-7-21(8-10-22)20-5-3-2-4-6-20/h2-12,17H,13-16,18H2,1H3. The van der Waals surface area contributed by atoms with Gasteiger partial charge in [0.15, 0.2) is 0 Å². The maximum absolute atomic E-state index is 13.6. The Morgan fingerprint density at radius 1 is 0.875 bits per heavy atom. The molecule has 0 unspecified atom stereocenters. The minimum atomic E-state index is -0.161. The number of likely N-dealkylation sites (tertiary alicyclic amines) is 1. The van der Waals surface area contributed by atoms with Crippen molar-refractivity contribution in [1.29, 1.82) is 0 Å². The van der Waals surface area contributed by atoms with Gasteiger partial charge < -0.3 is 9.80 Å². The number of hydrogen-bond donors (Lipinski definition) is 0. The summed E-state index contributed by atoms with van der Waals surface area (Å²) in [5, 5.41) is 0.679. The van der Waals surface area contributed by atoms with E-state index in [1.54, 1.807) is 6.92 Å². The van der Waals surface area contributed by atoms with Gasteiger partial charge >= 0.3 is 0 Å². The topological polar surface area (TPSA) is 40.6 Å². The number of piperidine rings is 1. The second-order valence-electron chi connectivity index (χ2n) is 8.78. The molecule has 0 radical (unpaired) electrons. The minimum Gasteiger partial charge on any atom is -0.343 e. The van der Waals surface area contributed by atoms with E-state index < -0.39 is 0 Å². The summed E-state index contributed by atoms with van der Waals surface area (Å²) in [7, 11) is 0. The van der Waals surface area contributed by atoms with E-state index in [1.165, 1.54) is 0 Å². The SMILES string of the molecule is CC(=O)N1CCC2(CC1)CN(C(=O)c1ccc(-c3ccccc3)cc1)c1ccc(Cl)cc12. The van der Waals surface area contributed by atoms with Crippen molar-refractivity contribution in [2.24, 2.45) is 0 Å². The number of halogens is 1. The van der Waals surface area contributed by atoms with Gasteiger partial charge in [0.2, 0.25) is 5.91 Å². The number of hydrogen-bond acceptors (Lipinski definition) is 2. The van der Waals surface area contributed by atoms with Crippen LogP contribution >= 0.6 is 11.6 Å². The molecular weight excluding hydrogens is 420 g/mol. The molecule has 2 aliphatic rings. The second-order valence-corrected chi connectivity index (χ2v) is 9.22.